The van der Waals surface area contributed by atoms with E-state index in [-0.39, 0.29) is 5.91 Å². The highest BCUT2D eigenvalue weighted by Gasteiger charge is 2.31. The van der Waals surface area contributed by atoms with Crippen LogP contribution in [0.1, 0.15) is 20.8 Å². The van der Waals surface area contributed by atoms with Crippen LogP contribution in [0, 0.1) is 6.92 Å². The second-order valence-electron chi connectivity index (χ2n) is 8.07. The molecule has 9 heteroatoms. The van der Waals surface area contributed by atoms with Gasteiger partial charge in [-0.15, -0.1) is 11.3 Å². The average molecular weight is 472 g/mol. The van der Waals surface area contributed by atoms with E-state index in [0.717, 1.165) is 27.8 Å². The first-order valence-electron chi connectivity index (χ1n) is 10.4. The lowest BCUT2D eigenvalue weighted by atomic mass is 10.1. The Kier molecular flexibility index (Phi) is 5.16. The lowest BCUT2D eigenvalue weighted by Crippen LogP contribution is -2.48. The second kappa shape index (κ2) is 7.91. The summed E-state index contributed by atoms with van der Waals surface area (Å²) >= 11 is 1.26. The first kappa shape index (κ1) is 21.5. The molecule has 0 atom stereocenters. The van der Waals surface area contributed by atoms with Crippen molar-refractivity contribution in [3.8, 4) is 0 Å². The third kappa shape index (κ3) is 3.97. The van der Waals surface area contributed by atoms with E-state index in [4.69, 9.17) is 4.42 Å². The zero-order valence-corrected chi connectivity index (χ0v) is 18.4. The molecule has 0 spiro atoms. The number of thiophene rings is 1. The number of alkyl halides is 3. The second-order valence-corrected chi connectivity index (χ2v) is 9.12. The normalized spacial score (nSPS) is 14.9. The van der Waals surface area contributed by atoms with Gasteiger partial charge in [-0.2, -0.15) is 13.2 Å². The molecule has 0 radical (unpaired) electrons. The van der Waals surface area contributed by atoms with E-state index in [1.165, 1.54) is 17.4 Å². The summed E-state index contributed by atoms with van der Waals surface area (Å²) in [6.07, 6.45) is -4.40. The number of anilines is 1. The molecule has 0 bridgehead atoms. The van der Waals surface area contributed by atoms with Crippen molar-refractivity contribution < 1.29 is 22.4 Å². The van der Waals surface area contributed by atoms with Crippen molar-refractivity contribution >= 4 is 44.0 Å². The lowest BCUT2D eigenvalue weighted by Gasteiger charge is -2.36. The van der Waals surface area contributed by atoms with Gasteiger partial charge in [-0.25, -0.2) is 4.79 Å². The van der Waals surface area contributed by atoms with Gasteiger partial charge in [0, 0.05) is 37.3 Å². The zero-order valence-electron chi connectivity index (χ0n) is 17.6. The molecular weight excluding hydrogens is 453 g/mol. The summed E-state index contributed by atoms with van der Waals surface area (Å²) < 4.78 is 45.2. The van der Waals surface area contributed by atoms with Crippen molar-refractivity contribution in [3.63, 3.8) is 0 Å². The number of nitrogens with zero attached hydrogens (tertiary/aromatic N) is 2. The van der Waals surface area contributed by atoms with Gasteiger partial charge >= 0.3 is 11.8 Å². The molecule has 0 unspecified atom stereocenters. The highest BCUT2D eigenvalue weighted by molar-refractivity contribution is 7.21. The summed E-state index contributed by atoms with van der Waals surface area (Å²) in [4.78, 5) is 29.5. The molecule has 1 fully saturated rings. The first-order chi connectivity index (χ1) is 15.7. The quantitative estimate of drug-likeness (QED) is 0.372. The van der Waals surface area contributed by atoms with Crippen LogP contribution in [-0.2, 0) is 6.18 Å². The summed E-state index contributed by atoms with van der Waals surface area (Å²) in [5, 5.41) is 1.17. The molecule has 4 aromatic rings. The molecule has 2 aromatic heterocycles. The zero-order chi connectivity index (χ0) is 23.3. The predicted molar refractivity (Wildman–Crippen MR) is 122 cm³/mol. The molecule has 1 saturated heterocycles. The number of amides is 1. The van der Waals surface area contributed by atoms with Gasteiger partial charge in [-0.3, -0.25) is 4.79 Å². The molecule has 2 aromatic carbocycles. The Morgan fingerprint density at radius 1 is 1.00 bits per heavy atom. The molecule has 0 aliphatic carbocycles. The topological polar surface area (TPSA) is 53.8 Å². The molecule has 1 aliphatic rings. The van der Waals surface area contributed by atoms with E-state index >= 15 is 0 Å². The van der Waals surface area contributed by atoms with E-state index in [0.29, 0.717) is 47.7 Å². The largest absolute Gasteiger partial charge is 0.422 e. The minimum atomic E-state index is -4.40. The predicted octanol–water partition coefficient (Wildman–Crippen LogP) is 5.30. The van der Waals surface area contributed by atoms with Gasteiger partial charge in [0.2, 0.25) is 0 Å². The third-order valence-electron chi connectivity index (χ3n) is 5.85. The Balaban J connectivity index is 1.37. The number of hydrogen-bond acceptors (Lipinski definition) is 5. The molecule has 1 aliphatic heterocycles. The van der Waals surface area contributed by atoms with Crippen molar-refractivity contribution in [2.24, 2.45) is 0 Å². The number of piperazine rings is 1. The van der Waals surface area contributed by atoms with E-state index in [9.17, 15) is 22.8 Å². The number of rotatable bonds is 2. The number of fused-ring (bicyclic) bond motifs is 3. The maximum Gasteiger partial charge on any atom is 0.416 e. The monoisotopic (exact) mass is 472 g/mol. The Morgan fingerprint density at radius 3 is 2.48 bits per heavy atom. The van der Waals surface area contributed by atoms with Crippen LogP contribution in [-0.4, -0.2) is 37.0 Å². The number of carbonyl (C=O) groups excluding carboxylic acids is 1. The van der Waals surface area contributed by atoms with E-state index in [1.54, 1.807) is 23.1 Å². The smallest absolute Gasteiger partial charge is 0.416 e. The highest BCUT2D eigenvalue weighted by Crippen LogP contribution is 2.33. The number of halogens is 3. The number of benzene rings is 2. The minimum Gasteiger partial charge on any atom is -0.422 e. The fourth-order valence-corrected chi connectivity index (χ4v) is 5.25. The van der Waals surface area contributed by atoms with E-state index in [2.05, 4.69) is 0 Å². The van der Waals surface area contributed by atoms with Crippen LogP contribution in [0.2, 0.25) is 0 Å². The molecule has 33 heavy (non-hydrogen) atoms. The van der Waals surface area contributed by atoms with Crippen LogP contribution in [0.15, 0.2) is 57.7 Å². The molecular formula is C24H19F3N2O3S. The Morgan fingerprint density at radius 2 is 1.76 bits per heavy atom. The molecule has 0 N–H and O–H groups in total. The van der Waals surface area contributed by atoms with Crippen molar-refractivity contribution in [2.75, 3.05) is 31.1 Å². The van der Waals surface area contributed by atoms with Crippen molar-refractivity contribution in [1.82, 2.24) is 4.90 Å². The van der Waals surface area contributed by atoms with Crippen LogP contribution in [0.4, 0.5) is 18.9 Å². The summed E-state index contributed by atoms with van der Waals surface area (Å²) in [7, 11) is 0. The molecule has 5 nitrogen and oxygen atoms in total. The van der Waals surface area contributed by atoms with Crippen molar-refractivity contribution in [1.29, 1.82) is 0 Å². The Hall–Kier alpha value is -3.33. The first-order valence-corrected chi connectivity index (χ1v) is 11.2. The number of carbonyl (C=O) groups is 1. The lowest BCUT2D eigenvalue weighted by molar-refractivity contribution is -0.137. The maximum atomic E-state index is 13.1. The third-order valence-corrected chi connectivity index (χ3v) is 7.01. The Labute approximate surface area is 190 Å². The summed E-state index contributed by atoms with van der Waals surface area (Å²) in [5.41, 5.74) is 0.813. The number of hydrogen-bond donors (Lipinski definition) is 0. The van der Waals surface area contributed by atoms with Crippen LogP contribution >= 0.6 is 11.3 Å². The Bertz CT molecular complexity index is 1430. The highest BCUT2D eigenvalue weighted by atomic mass is 32.1. The standard InChI is InChI=1S/C24H19F3N2O3S/c1-14-5-6-19-17(11-14)21-18(23(31)32-19)13-20(33-21)22(30)29-9-7-28(8-10-29)16-4-2-3-15(12-16)24(25,26)27/h2-6,11-13H,7-10H2,1H3. The SMILES string of the molecule is Cc1ccc2oc(=O)c3cc(C(=O)N4CCN(c5cccc(C(F)(F)F)c5)CC4)sc3c2c1. The van der Waals surface area contributed by atoms with Gasteiger partial charge in [0.1, 0.15) is 5.58 Å². The van der Waals surface area contributed by atoms with Crippen LogP contribution in [0.3, 0.4) is 0 Å². The van der Waals surface area contributed by atoms with Gasteiger partial charge in [0.15, 0.2) is 0 Å². The average Bonchev–Trinajstić information content (AvgIpc) is 3.25. The fraction of sp³-hybridized carbons (Fsp3) is 0.250. The molecule has 5 rings (SSSR count). The fourth-order valence-electron chi connectivity index (χ4n) is 4.12. The number of aryl methyl sites for hydroxylation is 1. The van der Waals surface area contributed by atoms with Gasteiger partial charge in [0.25, 0.3) is 5.91 Å². The molecule has 170 valence electrons. The van der Waals surface area contributed by atoms with Crippen molar-refractivity contribution in [3.05, 3.63) is 75.0 Å². The molecule has 1 amide bonds. The van der Waals surface area contributed by atoms with Crippen molar-refractivity contribution in [2.45, 2.75) is 13.1 Å². The maximum absolute atomic E-state index is 13.1. The van der Waals surface area contributed by atoms with Gasteiger partial charge < -0.3 is 14.2 Å². The van der Waals surface area contributed by atoms with E-state index in [1.807, 2.05) is 24.0 Å². The summed E-state index contributed by atoms with van der Waals surface area (Å²) in [5.74, 6) is -0.194. The van der Waals surface area contributed by atoms with E-state index < -0.39 is 17.4 Å². The van der Waals surface area contributed by atoms with Crippen LogP contribution in [0.5, 0.6) is 0 Å². The summed E-state index contributed by atoms with van der Waals surface area (Å²) in [6, 6.07) is 12.3. The molecule has 3 heterocycles. The van der Waals surface area contributed by atoms with Crippen LogP contribution in [0.25, 0.3) is 21.1 Å². The molecule has 0 saturated carbocycles. The van der Waals surface area contributed by atoms with Gasteiger partial charge in [-0.1, -0.05) is 17.7 Å². The summed E-state index contributed by atoms with van der Waals surface area (Å²) in [6.45, 7) is 3.53. The van der Waals surface area contributed by atoms with Gasteiger partial charge in [-0.05, 0) is 43.3 Å². The minimum absolute atomic E-state index is 0.194. The van der Waals surface area contributed by atoms with Crippen LogP contribution < -0.4 is 10.5 Å². The van der Waals surface area contributed by atoms with Gasteiger partial charge in [0.05, 0.1) is 20.5 Å².